The van der Waals surface area contributed by atoms with Crippen molar-refractivity contribution in [1.29, 1.82) is 0 Å². The van der Waals surface area contributed by atoms with E-state index in [4.69, 9.17) is 9.15 Å². The number of piperidine rings is 1. The molecule has 0 bridgehead atoms. The highest BCUT2D eigenvalue weighted by Crippen LogP contribution is 2.28. The van der Waals surface area contributed by atoms with Crippen LogP contribution in [0, 0.1) is 18.7 Å². The van der Waals surface area contributed by atoms with Crippen LogP contribution in [0.25, 0.3) is 11.0 Å². The topological polar surface area (TPSA) is 101 Å². The van der Waals surface area contributed by atoms with Gasteiger partial charge in [-0.3, -0.25) is 9.59 Å². The second-order valence-electron chi connectivity index (χ2n) is 9.01. The molecule has 1 aromatic carbocycles. The first-order valence-electron chi connectivity index (χ1n) is 10.8. The van der Waals surface area contributed by atoms with E-state index >= 15 is 0 Å². The van der Waals surface area contributed by atoms with E-state index in [1.807, 2.05) is 0 Å². The van der Waals surface area contributed by atoms with Gasteiger partial charge in [-0.1, -0.05) is 0 Å². The number of amides is 3. The monoisotopic (exact) mass is 447 g/mol. The van der Waals surface area contributed by atoms with Gasteiger partial charge in [0.05, 0.1) is 5.92 Å². The number of fused-ring (bicyclic) bond motifs is 1. The van der Waals surface area contributed by atoms with Crippen LogP contribution in [0.4, 0.5) is 9.18 Å². The molecule has 9 heteroatoms. The van der Waals surface area contributed by atoms with Gasteiger partial charge in [0.2, 0.25) is 5.91 Å². The fourth-order valence-corrected chi connectivity index (χ4v) is 3.73. The van der Waals surface area contributed by atoms with Gasteiger partial charge in [-0.05, 0) is 58.7 Å². The van der Waals surface area contributed by atoms with Gasteiger partial charge in [0, 0.05) is 37.1 Å². The Balaban J connectivity index is 1.53. The molecular formula is C23H30FN3O5. The van der Waals surface area contributed by atoms with Crippen LogP contribution in [0.5, 0.6) is 0 Å². The van der Waals surface area contributed by atoms with E-state index in [0.29, 0.717) is 35.9 Å². The standard InChI is InChI=1S/C23H30FN3O5/c1-14-17-12-16(24)7-8-18(17)31-19(14)21(29)27-11-5-6-15(13-27)20(28)25-9-10-26-22(30)32-23(2,3)4/h7-8,12,15H,5-6,9-11,13H2,1-4H3,(H,25,28)(H,26,30)/t15-/m1/s1. The van der Waals surface area contributed by atoms with Gasteiger partial charge in [-0.15, -0.1) is 0 Å². The van der Waals surface area contributed by atoms with Crippen molar-refractivity contribution in [3.63, 3.8) is 0 Å². The third-order valence-corrected chi connectivity index (χ3v) is 5.26. The van der Waals surface area contributed by atoms with Gasteiger partial charge in [0.15, 0.2) is 5.76 Å². The highest BCUT2D eigenvalue weighted by Gasteiger charge is 2.31. The molecule has 1 saturated heterocycles. The summed E-state index contributed by atoms with van der Waals surface area (Å²) >= 11 is 0. The van der Waals surface area contributed by atoms with Crippen LogP contribution >= 0.6 is 0 Å². The largest absolute Gasteiger partial charge is 0.451 e. The van der Waals surface area contributed by atoms with Crippen LogP contribution < -0.4 is 10.6 Å². The van der Waals surface area contributed by atoms with Gasteiger partial charge in [-0.2, -0.15) is 0 Å². The second kappa shape index (κ2) is 9.58. The van der Waals surface area contributed by atoms with Crippen LogP contribution in [-0.4, -0.2) is 54.6 Å². The van der Waals surface area contributed by atoms with Gasteiger partial charge in [0.1, 0.15) is 17.0 Å². The predicted octanol–water partition coefficient (Wildman–Crippen LogP) is 3.37. The molecule has 0 radical (unpaired) electrons. The molecule has 3 rings (SSSR count). The number of hydrogen-bond acceptors (Lipinski definition) is 5. The lowest BCUT2D eigenvalue weighted by atomic mass is 9.96. The summed E-state index contributed by atoms with van der Waals surface area (Å²) in [5.41, 5.74) is 0.456. The molecule has 1 aromatic heterocycles. The lowest BCUT2D eigenvalue weighted by Crippen LogP contribution is -2.46. The Labute approximate surface area is 186 Å². The molecule has 2 N–H and O–H groups in total. The maximum Gasteiger partial charge on any atom is 0.407 e. The minimum atomic E-state index is -0.586. The normalized spacial score (nSPS) is 16.7. The summed E-state index contributed by atoms with van der Waals surface area (Å²) in [6.07, 6.45) is 0.815. The number of halogens is 1. The molecule has 2 heterocycles. The third kappa shape index (κ3) is 5.77. The van der Waals surface area contributed by atoms with Crippen molar-refractivity contribution in [2.24, 2.45) is 5.92 Å². The van der Waals surface area contributed by atoms with Crippen molar-refractivity contribution in [2.45, 2.75) is 46.1 Å². The number of aryl methyl sites for hydroxylation is 1. The molecule has 1 fully saturated rings. The van der Waals surface area contributed by atoms with Crippen molar-refractivity contribution < 1.29 is 27.9 Å². The second-order valence-corrected chi connectivity index (χ2v) is 9.01. The summed E-state index contributed by atoms with van der Waals surface area (Å²) in [6, 6.07) is 4.15. The third-order valence-electron chi connectivity index (χ3n) is 5.26. The van der Waals surface area contributed by atoms with Gasteiger partial charge in [-0.25, -0.2) is 9.18 Å². The number of rotatable bonds is 5. The first-order chi connectivity index (χ1) is 15.0. The van der Waals surface area contributed by atoms with Crippen LogP contribution in [0.15, 0.2) is 22.6 Å². The van der Waals surface area contributed by atoms with Crippen LogP contribution in [0.3, 0.4) is 0 Å². The number of alkyl carbamates (subject to hydrolysis) is 1. The number of ether oxygens (including phenoxy) is 1. The SMILES string of the molecule is Cc1c(C(=O)N2CCC[C@@H](C(=O)NCCNC(=O)OC(C)(C)C)C2)oc2ccc(F)cc12. The molecule has 32 heavy (non-hydrogen) atoms. The van der Waals surface area contributed by atoms with E-state index in [-0.39, 0.29) is 43.1 Å². The number of carbonyl (C=O) groups is 3. The van der Waals surface area contributed by atoms with Gasteiger partial charge >= 0.3 is 6.09 Å². The number of nitrogens with one attached hydrogen (secondary N) is 2. The van der Waals surface area contributed by atoms with Crippen molar-refractivity contribution in [1.82, 2.24) is 15.5 Å². The predicted molar refractivity (Wildman–Crippen MR) is 117 cm³/mol. The zero-order valence-electron chi connectivity index (χ0n) is 18.9. The summed E-state index contributed by atoms with van der Waals surface area (Å²) in [4.78, 5) is 38.9. The molecule has 2 aromatic rings. The average molecular weight is 448 g/mol. The Morgan fingerprint density at radius 2 is 1.94 bits per heavy atom. The average Bonchev–Trinajstić information content (AvgIpc) is 3.05. The molecule has 0 aliphatic carbocycles. The van der Waals surface area contributed by atoms with Crippen molar-refractivity contribution in [2.75, 3.05) is 26.2 Å². The smallest absolute Gasteiger partial charge is 0.407 e. The molecular weight excluding hydrogens is 417 g/mol. The summed E-state index contributed by atoms with van der Waals surface area (Å²) in [5.74, 6) is -1.04. The molecule has 0 spiro atoms. The molecule has 0 saturated carbocycles. The van der Waals surface area contributed by atoms with Crippen LogP contribution in [-0.2, 0) is 9.53 Å². The van der Waals surface area contributed by atoms with Gasteiger partial charge < -0.3 is 24.7 Å². The lowest BCUT2D eigenvalue weighted by Gasteiger charge is -2.31. The van der Waals surface area contributed by atoms with E-state index < -0.39 is 17.5 Å². The van der Waals surface area contributed by atoms with E-state index in [1.54, 1.807) is 32.6 Å². The van der Waals surface area contributed by atoms with E-state index in [2.05, 4.69) is 10.6 Å². The fraction of sp³-hybridized carbons (Fsp3) is 0.522. The van der Waals surface area contributed by atoms with Crippen molar-refractivity contribution >= 4 is 28.9 Å². The van der Waals surface area contributed by atoms with Crippen LogP contribution in [0.1, 0.15) is 49.7 Å². The Morgan fingerprint density at radius 3 is 2.66 bits per heavy atom. The molecule has 8 nitrogen and oxygen atoms in total. The van der Waals surface area contributed by atoms with E-state index in [0.717, 1.165) is 0 Å². The number of carbonyl (C=O) groups excluding carboxylic acids is 3. The number of hydrogen-bond donors (Lipinski definition) is 2. The first kappa shape index (κ1) is 23.6. The molecule has 3 amide bonds. The number of benzene rings is 1. The maximum atomic E-state index is 13.6. The number of furan rings is 1. The Hall–Kier alpha value is -3.10. The van der Waals surface area contributed by atoms with E-state index in [1.165, 1.54) is 18.2 Å². The number of nitrogens with zero attached hydrogens (tertiary/aromatic N) is 1. The first-order valence-corrected chi connectivity index (χ1v) is 10.8. The highest BCUT2D eigenvalue weighted by molar-refractivity contribution is 5.99. The van der Waals surface area contributed by atoms with Crippen LogP contribution in [0.2, 0.25) is 0 Å². The summed E-state index contributed by atoms with van der Waals surface area (Å²) < 4.78 is 24.4. The Morgan fingerprint density at radius 1 is 1.22 bits per heavy atom. The highest BCUT2D eigenvalue weighted by atomic mass is 19.1. The zero-order chi connectivity index (χ0) is 23.5. The fourth-order valence-electron chi connectivity index (χ4n) is 3.73. The Bertz CT molecular complexity index is 1010. The Kier molecular flexibility index (Phi) is 7.06. The molecule has 1 aliphatic rings. The van der Waals surface area contributed by atoms with Crippen molar-refractivity contribution in [3.8, 4) is 0 Å². The summed E-state index contributed by atoms with van der Waals surface area (Å²) in [7, 11) is 0. The zero-order valence-corrected chi connectivity index (χ0v) is 18.9. The minimum Gasteiger partial charge on any atom is -0.451 e. The maximum absolute atomic E-state index is 13.6. The summed E-state index contributed by atoms with van der Waals surface area (Å²) in [6.45, 7) is 8.34. The van der Waals surface area contributed by atoms with E-state index in [9.17, 15) is 18.8 Å². The molecule has 1 atom stereocenters. The molecule has 0 unspecified atom stereocenters. The lowest BCUT2D eigenvalue weighted by molar-refractivity contribution is -0.126. The number of likely N-dealkylation sites (tertiary alicyclic amines) is 1. The molecule has 1 aliphatic heterocycles. The minimum absolute atomic E-state index is 0.170. The summed E-state index contributed by atoms with van der Waals surface area (Å²) in [5, 5.41) is 5.95. The quantitative estimate of drug-likeness (QED) is 0.685. The van der Waals surface area contributed by atoms with Crippen molar-refractivity contribution in [3.05, 3.63) is 35.3 Å². The van der Waals surface area contributed by atoms with Gasteiger partial charge in [0.25, 0.3) is 5.91 Å². The molecule has 174 valence electrons.